The first-order valence-corrected chi connectivity index (χ1v) is 6.64. The summed E-state index contributed by atoms with van der Waals surface area (Å²) in [4.78, 5) is 18.7. The van der Waals surface area contributed by atoms with Gasteiger partial charge in [-0.1, -0.05) is 0 Å². The van der Waals surface area contributed by atoms with E-state index in [1.54, 1.807) is 6.20 Å². The lowest BCUT2D eigenvalue weighted by Gasteiger charge is -2.24. The maximum absolute atomic E-state index is 12.4. The molecule has 1 saturated heterocycles. The number of imidazole rings is 1. The molecular weight excluding hydrogens is 230 g/mol. The van der Waals surface area contributed by atoms with Crippen molar-refractivity contribution in [1.29, 1.82) is 0 Å². The Morgan fingerprint density at radius 3 is 2.94 bits per heavy atom. The molecule has 0 radical (unpaired) electrons. The quantitative estimate of drug-likeness (QED) is 0.802. The van der Waals surface area contributed by atoms with Gasteiger partial charge in [0.2, 0.25) is 0 Å². The first-order chi connectivity index (χ1) is 8.75. The summed E-state index contributed by atoms with van der Waals surface area (Å²) in [6.07, 6.45) is 7.56. The number of amides is 1. The van der Waals surface area contributed by atoms with E-state index in [2.05, 4.69) is 4.98 Å². The van der Waals surface area contributed by atoms with Crippen molar-refractivity contribution in [3.63, 3.8) is 0 Å². The fourth-order valence-corrected chi connectivity index (χ4v) is 2.43. The molecule has 1 aliphatic carbocycles. The number of carbonyl (C=O) groups excluding carboxylic acids is 1. The first kappa shape index (κ1) is 11.7. The highest BCUT2D eigenvalue weighted by Gasteiger charge is 2.37. The van der Waals surface area contributed by atoms with Gasteiger partial charge in [-0.2, -0.15) is 0 Å². The Labute approximate surface area is 107 Å². The zero-order valence-corrected chi connectivity index (χ0v) is 10.7. The zero-order chi connectivity index (χ0) is 12.5. The maximum atomic E-state index is 12.4. The van der Waals surface area contributed by atoms with Crippen LogP contribution in [0, 0.1) is 0 Å². The van der Waals surface area contributed by atoms with E-state index in [0.29, 0.717) is 12.6 Å². The molecule has 1 saturated carbocycles. The van der Waals surface area contributed by atoms with Gasteiger partial charge in [0.15, 0.2) is 0 Å². The van der Waals surface area contributed by atoms with Crippen LogP contribution in [0.4, 0.5) is 0 Å². The minimum absolute atomic E-state index is 0.151. The van der Waals surface area contributed by atoms with Gasteiger partial charge in [0, 0.05) is 32.1 Å². The molecule has 0 bridgehead atoms. The van der Waals surface area contributed by atoms with Crippen molar-refractivity contribution in [1.82, 2.24) is 14.5 Å². The monoisotopic (exact) mass is 249 g/mol. The molecule has 1 amide bonds. The molecular formula is C13H19N3O2. The molecule has 18 heavy (non-hydrogen) atoms. The second kappa shape index (κ2) is 4.72. The number of hydrogen-bond acceptors (Lipinski definition) is 3. The van der Waals surface area contributed by atoms with Gasteiger partial charge in [-0.3, -0.25) is 4.79 Å². The van der Waals surface area contributed by atoms with Gasteiger partial charge in [-0.15, -0.1) is 0 Å². The van der Waals surface area contributed by atoms with E-state index in [-0.39, 0.29) is 12.0 Å². The predicted molar refractivity (Wildman–Crippen MR) is 65.8 cm³/mol. The van der Waals surface area contributed by atoms with Crippen LogP contribution >= 0.6 is 0 Å². The maximum Gasteiger partial charge on any atom is 0.252 e. The summed E-state index contributed by atoms with van der Waals surface area (Å²) < 4.78 is 7.48. The molecule has 1 aromatic rings. The summed E-state index contributed by atoms with van der Waals surface area (Å²) in [7, 11) is 1.96. The van der Waals surface area contributed by atoms with Gasteiger partial charge < -0.3 is 14.2 Å². The van der Waals surface area contributed by atoms with Crippen molar-refractivity contribution in [3.8, 4) is 0 Å². The lowest BCUT2D eigenvalue weighted by molar-refractivity contribution is -0.142. The average molecular weight is 249 g/mol. The number of rotatable bonds is 4. The van der Waals surface area contributed by atoms with Crippen molar-refractivity contribution in [2.75, 3.05) is 6.61 Å². The van der Waals surface area contributed by atoms with Crippen molar-refractivity contribution < 1.29 is 9.53 Å². The number of aryl methyl sites for hydroxylation is 1. The number of aromatic nitrogens is 2. The summed E-state index contributed by atoms with van der Waals surface area (Å²) in [5.74, 6) is 1.09. The first-order valence-electron chi connectivity index (χ1n) is 6.64. The fraction of sp³-hybridized carbons (Fsp3) is 0.692. The minimum atomic E-state index is -0.217. The van der Waals surface area contributed by atoms with Crippen molar-refractivity contribution in [2.24, 2.45) is 7.05 Å². The lowest BCUT2D eigenvalue weighted by Crippen LogP contribution is -2.40. The molecule has 2 aliphatic rings. The van der Waals surface area contributed by atoms with Crippen LogP contribution in [-0.2, 0) is 23.1 Å². The van der Waals surface area contributed by atoms with Crippen LogP contribution in [0.5, 0.6) is 0 Å². The molecule has 0 unspecified atom stereocenters. The van der Waals surface area contributed by atoms with Crippen LogP contribution in [0.3, 0.4) is 0 Å². The normalized spacial score (nSPS) is 23.3. The van der Waals surface area contributed by atoms with Gasteiger partial charge in [0.05, 0.1) is 6.54 Å². The highest BCUT2D eigenvalue weighted by molar-refractivity contribution is 5.81. The molecule has 0 spiro atoms. The van der Waals surface area contributed by atoms with Gasteiger partial charge in [0.1, 0.15) is 11.9 Å². The van der Waals surface area contributed by atoms with Gasteiger partial charge >= 0.3 is 0 Å². The summed E-state index contributed by atoms with van der Waals surface area (Å²) >= 11 is 0. The van der Waals surface area contributed by atoms with Crippen LogP contribution in [0.25, 0.3) is 0 Å². The highest BCUT2D eigenvalue weighted by Crippen LogP contribution is 2.30. The Bertz CT molecular complexity index is 433. The molecule has 0 N–H and O–H groups in total. The Morgan fingerprint density at radius 2 is 2.39 bits per heavy atom. The number of hydrogen-bond donors (Lipinski definition) is 0. The summed E-state index contributed by atoms with van der Waals surface area (Å²) in [6.45, 7) is 1.32. The molecule has 2 fully saturated rings. The molecule has 5 heteroatoms. The highest BCUT2D eigenvalue weighted by atomic mass is 16.5. The number of nitrogens with zero attached hydrogens (tertiary/aromatic N) is 3. The second-order valence-electron chi connectivity index (χ2n) is 5.15. The molecule has 2 heterocycles. The third kappa shape index (κ3) is 2.27. The smallest absolute Gasteiger partial charge is 0.252 e. The molecule has 5 nitrogen and oxygen atoms in total. The van der Waals surface area contributed by atoms with E-state index in [1.807, 2.05) is 22.7 Å². The van der Waals surface area contributed by atoms with Crippen molar-refractivity contribution in [3.05, 3.63) is 18.2 Å². The van der Waals surface area contributed by atoms with Crippen LogP contribution in [0.1, 0.15) is 31.5 Å². The molecule has 1 atom stereocenters. The third-order valence-electron chi connectivity index (χ3n) is 3.71. The Balaban J connectivity index is 1.72. The van der Waals surface area contributed by atoms with E-state index in [1.165, 1.54) is 0 Å². The Morgan fingerprint density at radius 1 is 1.56 bits per heavy atom. The van der Waals surface area contributed by atoms with Crippen LogP contribution in [-0.4, -0.2) is 39.1 Å². The topological polar surface area (TPSA) is 47.4 Å². The molecule has 98 valence electrons. The predicted octanol–water partition coefficient (Wildman–Crippen LogP) is 1.09. The summed E-state index contributed by atoms with van der Waals surface area (Å²) in [6, 6.07) is 0.401. The van der Waals surface area contributed by atoms with Gasteiger partial charge in [-0.05, 0) is 25.7 Å². The SMILES string of the molecule is Cn1ccnc1CN(C(=O)[C@H]1CCCO1)C1CC1. The van der Waals surface area contributed by atoms with Gasteiger partial charge in [0.25, 0.3) is 5.91 Å². The number of ether oxygens (including phenoxy) is 1. The van der Waals surface area contributed by atoms with Crippen molar-refractivity contribution in [2.45, 2.75) is 44.4 Å². The average Bonchev–Trinajstić information content (AvgIpc) is 2.90. The fourth-order valence-electron chi connectivity index (χ4n) is 2.43. The van der Waals surface area contributed by atoms with E-state index in [9.17, 15) is 4.79 Å². The summed E-state index contributed by atoms with van der Waals surface area (Å²) in [5, 5.41) is 0. The summed E-state index contributed by atoms with van der Waals surface area (Å²) in [5.41, 5.74) is 0. The largest absolute Gasteiger partial charge is 0.368 e. The molecule has 1 aromatic heterocycles. The zero-order valence-electron chi connectivity index (χ0n) is 10.7. The molecule has 3 rings (SSSR count). The Kier molecular flexibility index (Phi) is 3.07. The van der Waals surface area contributed by atoms with E-state index < -0.39 is 0 Å². The van der Waals surface area contributed by atoms with E-state index >= 15 is 0 Å². The molecule has 0 aromatic carbocycles. The van der Waals surface area contributed by atoms with Crippen LogP contribution < -0.4 is 0 Å². The number of carbonyl (C=O) groups is 1. The standard InChI is InChI=1S/C13H19N3O2/c1-15-7-6-14-12(15)9-16(10-4-5-10)13(17)11-3-2-8-18-11/h6-7,10-11H,2-5,8-9H2,1H3/t11-/m1/s1. The van der Waals surface area contributed by atoms with Crippen LogP contribution in [0.2, 0.25) is 0 Å². The lowest BCUT2D eigenvalue weighted by atomic mass is 10.2. The van der Waals surface area contributed by atoms with E-state index in [0.717, 1.165) is 38.1 Å². The van der Waals surface area contributed by atoms with Crippen LogP contribution in [0.15, 0.2) is 12.4 Å². The minimum Gasteiger partial charge on any atom is -0.368 e. The van der Waals surface area contributed by atoms with E-state index in [4.69, 9.17) is 4.74 Å². The second-order valence-corrected chi connectivity index (χ2v) is 5.15. The van der Waals surface area contributed by atoms with Gasteiger partial charge in [-0.25, -0.2) is 4.98 Å². The van der Waals surface area contributed by atoms with Crippen molar-refractivity contribution >= 4 is 5.91 Å². The molecule has 1 aliphatic heterocycles. The Hall–Kier alpha value is -1.36. The third-order valence-corrected chi connectivity index (χ3v) is 3.71.